The van der Waals surface area contributed by atoms with Crippen LogP contribution in [0.3, 0.4) is 0 Å². The molecule has 0 aromatic rings. The highest BCUT2D eigenvalue weighted by Crippen LogP contribution is 2.38. The van der Waals surface area contributed by atoms with Crippen LogP contribution < -0.4 is 5.32 Å². The van der Waals surface area contributed by atoms with Crippen molar-refractivity contribution >= 4 is 11.8 Å². The maximum absolute atomic E-state index is 5.28. The van der Waals surface area contributed by atoms with Gasteiger partial charge in [-0.05, 0) is 26.0 Å². The molecule has 0 saturated heterocycles. The highest BCUT2D eigenvalue weighted by atomic mass is 32.2. The molecule has 0 spiro atoms. The Balaban J connectivity index is 2.41. The van der Waals surface area contributed by atoms with Crippen molar-refractivity contribution in [2.24, 2.45) is 0 Å². The molecule has 1 aliphatic rings. The van der Waals surface area contributed by atoms with E-state index < -0.39 is 0 Å². The zero-order chi connectivity index (χ0) is 12.7. The Kier molecular flexibility index (Phi) is 6.85. The minimum absolute atomic E-state index is 0.155. The molecule has 4 heteroatoms. The largest absolute Gasteiger partial charge is 0.354 e. The minimum Gasteiger partial charge on any atom is -0.354 e. The van der Waals surface area contributed by atoms with Crippen molar-refractivity contribution < 1.29 is 9.47 Å². The van der Waals surface area contributed by atoms with E-state index in [0.29, 0.717) is 4.75 Å². The van der Waals surface area contributed by atoms with E-state index >= 15 is 0 Å². The van der Waals surface area contributed by atoms with Gasteiger partial charge in [-0.3, -0.25) is 0 Å². The van der Waals surface area contributed by atoms with Gasteiger partial charge in [-0.2, -0.15) is 11.8 Å². The second kappa shape index (κ2) is 7.62. The van der Waals surface area contributed by atoms with Crippen LogP contribution in [0.25, 0.3) is 0 Å². The first kappa shape index (κ1) is 15.3. The van der Waals surface area contributed by atoms with E-state index in [9.17, 15) is 0 Å². The third-order valence-electron chi connectivity index (χ3n) is 3.82. The van der Waals surface area contributed by atoms with Gasteiger partial charge < -0.3 is 14.8 Å². The minimum atomic E-state index is -0.155. The van der Waals surface area contributed by atoms with Gasteiger partial charge in [-0.1, -0.05) is 19.3 Å². The standard InChI is InChI=1S/C13H27NO2S/c1-11(12(15-2)16-3)14-10-13(17-4)8-6-5-7-9-13/h11-12,14H,5-10H2,1-4H3. The number of nitrogens with one attached hydrogen (secondary N) is 1. The number of thioether (sulfide) groups is 1. The Labute approximate surface area is 110 Å². The molecule has 17 heavy (non-hydrogen) atoms. The lowest BCUT2D eigenvalue weighted by Crippen LogP contribution is -2.47. The molecule has 1 unspecified atom stereocenters. The second-order valence-electron chi connectivity index (χ2n) is 4.96. The molecule has 1 aliphatic carbocycles. The summed E-state index contributed by atoms with van der Waals surface area (Å²) >= 11 is 2.02. The normalized spacial score (nSPS) is 21.7. The molecule has 0 amide bonds. The molecule has 0 radical (unpaired) electrons. The van der Waals surface area contributed by atoms with Gasteiger partial charge in [-0.15, -0.1) is 0 Å². The first-order valence-corrected chi connectivity index (χ1v) is 7.74. The summed E-state index contributed by atoms with van der Waals surface area (Å²) in [7, 11) is 3.38. The van der Waals surface area contributed by atoms with Crippen LogP contribution in [0, 0.1) is 0 Å². The molecule has 1 N–H and O–H groups in total. The fraction of sp³-hybridized carbons (Fsp3) is 1.00. The van der Waals surface area contributed by atoms with Crippen LogP contribution in [0.4, 0.5) is 0 Å². The average molecular weight is 261 g/mol. The Morgan fingerprint density at radius 2 is 1.76 bits per heavy atom. The molecular formula is C13H27NO2S. The zero-order valence-electron chi connectivity index (χ0n) is 11.6. The van der Waals surface area contributed by atoms with E-state index in [1.54, 1.807) is 14.2 Å². The van der Waals surface area contributed by atoms with Crippen LogP contribution in [0.2, 0.25) is 0 Å². The van der Waals surface area contributed by atoms with Gasteiger partial charge >= 0.3 is 0 Å². The Bertz CT molecular complexity index is 204. The van der Waals surface area contributed by atoms with Crippen LogP contribution in [-0.4, -0.2) is 44.1 Å². The summed E-state index contributed by atoms with van der Waals surface area (Å²) in [6.45, 7) is 3.17. The number of methoxy groups -OCH3 is 2. The lowest BCUT2D eigenvalue weighted by Gasteiger charge is -2.37. The van der Waals surface area contributed by atoms with Crippen LogP contribution in [0.15, 0.2) is 0 Å². The molecule has 1 saturated carbocycles. The molecule has 1 atom stereocenters. The summed E-state index contributed by atoms with van der Waals surface area (Å²) in [6.07, 6.45) is 8.89. The smallest absolute Gasteiger partial charge is 0.171 e. The van der Waals surface area contributed by atoms with E-state index in [4.69, 9.17) is 9.47 Å². The molecule has 3 nitrogen and oxygen atoms in total. The van der Waals surface area contributed by atoms with Gasteiger partial charge in [0.25, 0.3) is 0 Å². The molecule has 1 fully saturated rings. The summed E-state index contributed by atoms with van der Waals surface area (Å²) in [5.74, 6) is 0. The predicted octanol–water partition coefficient (Wildman–Crippen LogP) is 2.65. The second-order valence-corrected chi connectivity index (χ2v) is 6.23. The van der Waals surface area contributed by atoms with Gasteiger partial charge in [0.05, 0.1) is 6.04 Å². The lowest BCUT2D eigenvalue weighted by atomic mass is 9.88. The van der Waals surface area contributed by atoms with Crippen LogP contribution >= 0.6 is 11.8 Å². The summed E-state index contributed by atoms with van der Waals surface area (Å²) in [4.78, 5) is 0. The third-order valence-corrected chi connectivity index (χ3v) is 5.24. The monoisotopic (exact) mass is 261 g/mol. The average Bonchev–Trinajstić information content (AvgIpc) is 2.39. The highest BCUT2D eigenvalue weighted by molar-refractivity contribution is 8.00. The van der Waals surface area contributed by atoms with E-state index in [1.807, 2.05) is 11.8 Å². The summed E-state index contributed by atoms with van der Waals surface area (Å²) in [5.41, 5.74) is 0. The van der Waals surface area contributed by atoms with E-state index in [2.05, 4.69) is 18.5 Å². The molecule has 0 aromatic carbocycles. The van der Waals surface area contributed by atoms with Crippen molar-refractivity contribution in [3.05, 3.63) is 0 Å². The van der Waals surface area contributed by atoms with Gasteiger partial charge in [0.2, 0.25) is 0 Å². The summed E-state index contributed by atoms with van der Waals surface area (Å²) in [5, 5.41) is 3.58. The fourth-order valence-corrected chi connectivity index (χ4v) is 3.52. The summed E-state index contributed by atoms with van der Waals surface area (Å²) in [6, 6.07) is 0.232. The van der Waals surface area contributed by atoms with Gasteiger partial charge in [0.15, 0.2) is 6.29 Å². The fourth-order valence-electron chi connectivity index (χ4n) is 2.60. The van der Waals surface area contributed by atoms with Crippen molar-refractivity contribution in [1.82, 2.24) is 5.32 Å². The number of hydrogen-bond acceptors (Lipinski definition) is 4. The first-order valence-electron chi connectivity index (χ1n) is 6.51. The van der Waals surface area contributed by atoms with Crippen LogP contribution in [0.5, 0.6) is 0 Å². The summed E-state index contributed by atoms with van der Waals surface area (Å²) < 4.78 is 11.0. The molecule has 102 valence electrons. The third kappa shape index (κ3) is 4.43. The Hall–Kier alpha value is 0.230. The SMILES string of the molecule is COC(OC)C(C)NCC1(SC)CCCCC1. The van der Waals surface area contributed by atoms with E-state index in [1.165, 1.54) is 32.1 Å². The van der Waals surface area contributed by atoms with Crippen molar-refractivity contribution in [3.8, 4) is 0 Å². The quantitative estimate of drug-likeness (QED) is 0.714. The molecule has 0 aliphatic heterocycles. The number of rotatable bonds is 7. The maximum atomic E-state index is 5.28. The van der Waals surface area contributed by atoms with Crippen molar-refractivity contribution in [3.63, 3.8) is 0 Å². The Morgan fingerprint density at radius 1 is 1.18 bits per heavy atom. The molecular weight excluding hydrogens is 234 g/mol. The molecule has 1 rings (SSSR count). The van der Waals surface area contributed by atoms with Crippen LogP contribution in [0.1, 0.15) is 39.0 Å². The topological polar surface area (TPSA) is 30.5 Å². The van der Waals surface area contributed by atoms with E-state index in [0.717, 1.165) is 6.54 Å². The lowest BCUT2D eigenvalue weighted by molar-refractivity contribution is -0.119. The van der Waals surface area contributed by atoms with Crippen molar-refractivity contribution in [2.75, 3.05) is 27.0 Å². The molecule has 0 aromatic heterocycles. The first-order chi connectivity index (χ1) is 8.17. The van der Waals surface area contributed by atoms with Gasteiger partial charge in [-0.25, -0.2) is 0 Å². The molecule has 0 heterocycles. The predicted molar refractivity (Wildman–Crippen MR) is 74.6 cm³/mol. The number of ether oxygens (including phenoxy) is 2. The van der Waals surface area contributed by atoms with E-state index in [-0.39, 0.29) is 12.3 Å². The van der Waals surface area contributed by atoms with Gasteiger partial charge in [0, 0.05) is 25.5 Å². The molecule has 0 bridgehead atoms. The van der Waals surface area contributed by atoms with Crippen molar-refractivity contribution in [1.29, 1.82) is 0 Å². The Morgan fingerprint density at radius 3 is 2.24 bits per heavy atom. The van der Waals surface area contributed by atoms with Crippen LogP contribution in [-0.2, 0) is 9.47 Å². The van der Waals surface area contributed by atoms with Crippen molar-refractivity contribution in [2.45, 2.75) is 56.1 Å². The maximum Gasteiger partial charge on any atom is 0.171 e. The highest BCUT2D eigenvalue weighted by Gasteiger charge is 2.31. The number of hydrogen-bond donors (Lipinski definition) is 1. The zero-order valence-corrected chi connectivity index (χ0v) is 12.4. The van der Waals surface area contributed by atoms with Gasteiger partial charge in [0.1, 0.15) is 0 Å².